The zero-order valence-electron chi connectivity index (χ0n) is 13.1. The summed E-state index contributed by atoms with van der Waals surface area (Å²) in [6, 6.07) is -0.900. The van der Waals surface area contributed by atoms with Crippen molar-refractivity contribution in [2.24, 2.45) is 5.41 Å². The van der Waals surface area contributed by atoms with Crippen molar-refractivity contribution in [2.45, 2.75) is 64.1 Å². The maximum atomic E-state index is 12.3. The third-order valence-corrected chi connectivity index (χ3v) is 4.81. The maximum absolute atomic E-state index is 12.3. The summed E-state index contributed by atoms with van der Waals surface area (Å²) in [4.78, 5) is 25.0. The van der Waals surface area contributed by atoms with Gasteiger partial charge in [0, 0.05) is 26.1 Å². The van der Waals surface area contributed by atoms with Crippen molar-refractivity contribution < 1.29 is 19.4 Å². The van der Waals surface area contributed by atoms with Crippen LogP contribution >= 0.6 is 0 Å². The highest BCUT2D eigenvalue weighted by molar-refractivity contribution is 5.83. The van der Waals surface area contributed by atoms with Gasteiger partial charge in [0.2, 0.25) is 0 Å². The predicted molar refractivity (Wildman–Crippen MR) is 78.1 cm³/mol. The molecule has 2 fully saturated rings. The van der Waals surface area contributed by atoms with Gasteiger partial charge in [-0.2, -0.15) is 0 Å². The monoisotopic (exact) mass is 298 g/mol. The Labute approximate surface area is 125 Å². The number of carboxylic acids is 1. The standard InChI is InChI=1S/C15H26N2O4/c1-15(2)6-4-10(5-7-15)16-14(20)17-9-11(21-3)8-12(17)13(18)19/h10-12H,4-9H2,1-3H3,(H,16,20)(H,18,19). The fourth-order valence-electron chi connectivity index (χ4n) is 3.23. The van der Waals surface area contributed by atoms with E-state index >= 15 is 0 Å². The second-order valence-electron chi connectivity index (χ2n) is 6.99. The first-order valence-corrected chi connectivity index (χ1v) is 7.65. The number of hydrogen-bond donors (Lipinski definition) is 2. The van der Waals surface area contributed by atoms with Crippen LogP contribution in [0.25, 0.3) is 0 Å². The Balaban J connectivity index is 1.92. The van der Waals surface area contributed by atoms with Crippen LogP contribution in [0.4, 0.5) is 4.79 Å². The fourth-order valence-corrected chi connectivity index (χ4v) is 3.23. The number of rotatable bonds is 3. The average molecular weight is 298 g/mol. The highest BCUT2D eigenvalue weighted by Crippen LogP contribution is 2.35. The molecule has 6 nitrogen and oxygen atoms in total. The number of carboxylic acid groups (broad SMARTS) is 1. The molecule has 2 aliphatic rings. The molecule has 1 saturated carbocycles. The van der Waals surface area contributed by atoms with Gasteiger partial charge in [0.15, 0.2) is 0 Å². The van der Waals surface area contributed by atoms with Crippen LogP contribution in [-0.4, -0.2) is 53.8 Å². The van der Waals surface area contributed by atoms with Crippen LogP contribution in [0.2, 0.25) is 0 Å². The van der Waals surface area contributed by atoms with Crippen molar-refractivity contribution in [3.05, 3.63) is 0 Å². The van der Waals surface area contributed by atoms with Gasteiger partial charge in [-0.15, -0.1) is 0 Å². The third kappa shape index (κ3) is 3.87. The summed E-state index contributed by atoms with van der Waals surface area (Å²) in [5.41, 5.74) is 0.347. The number of amides is 2. The van der Waals surface area contributed by atoms with E-state index in [1.165, 1.54) is 4.90 Å². The molecule has 2 rings (SSSR count). The van der Waals surface area contributed by atoms with Crippen molar-refractivity contribution in [2.75, 3.05) is 13.7 Å². The summed E-state index contributed by atoms with van der Waals surface area (Å²) < 4.78 is 5.20. The third-order valence-electron chi connectivity index (χ3n) is 4.81. The maximum Gasteiger partial charge on any atom is 0.326 e. The minimum Gasteiger partial charge on any atom is -0.480 e. The lowest BCUT2D eigenvalue weighted by Gasteiger charge is -2.35. The number of aliphatic carboxylic acids is 1. The number of carbonyl (C=O) groups excluding carboxylic acids is 1. The molecule has 2 unspecified atom stereocenters. The van der Waals surface area contributed by atoms with E-state index in [0.717, 1.165) is 25.7 Å². The van der Waals surface area contributed by atoms with Gasteiger partial charge in [0.05, 0.1) is 6.10 Å². The molecule has 1 saturated heterocycles. The average Bonchev–Trinajstić information content (AvgIpc) is 2.85. The summed E-state index contributed by atoms with van der Waals surface area (Å²) in [5.74, 6) is -0.963. The van der Waals surface area contributed by atoms with Crippen LogP contribution < -0.4 is 5.32 Å². The van der Waals surface area contributed by atoms with Crippen molar-refractivity contribution in [3.63, 3.8) is 0 Å². The van der Waals surface area contributed by atoms with Crippen LogP contribution in [0.3, 0.4) is 0 Å². The Kier molecular flexibility index (Phi) is 4.76. The minimum absolute atomic E-state index is 0.154. The highest BCUT2D eigenvalue weighted by Gasteiger charge is 2.40. The molecule has 0 spiro atoms. The lowest BCUT2D eigenvalue weighted by molar-refractivity contribution is -0.141. The molecule has 2 atom stereocenters. The first-order valence-electron chi connectivity index (χ1n) is 7.65. The van der Waals surface area contributed by atoms with Crippen molar-refractivity contribution in [3.8, 4) is 0 Å². The summed E-state index contributed by atoms with van der Waals surface area (Å²) in [5, 5.41) is 12.2. The number of carbonyl (C=O) groups is 2. The van der Waals surface area contributed by atoms with Gasteiger partial charge in [-0.3, -0.25) is 0 Å². The van der Waals surface area contributed by atoms with Gasteiger partial charge in [-0.25, -0.2) is 9.59 Å². The lowest BCUT2D eigenvalue weighted by Crippen LogP contribution is -2.50. The molecular formula is C15H26N2O4. The van der Waals surface area contributed by atoms with Crippen LogP contribution in [0, 0.1) is 5.41 Å². The van der Waals surface area contributed by atoms with Gasteiger partial charge in [-0.1, -0.05) is 13.8 Å². The summed E-state index contributed by atoms with van der Waals surface area (Å²) in [6.07, 6.45) is 4.25. The minimum atomic E-state index is -0.963. The molecule has 0 aromatic rings. The largest absolute Gasteiger partial charge is 0.480 e. The quantitative estimate of drug-likeness (QED) is 0.833. The number of likely N-dealkylation sites (tertiary alicyclic amines) is 1. The SMILES string of the molecule is COC1CC(C(=O)O)N(C(=O)NC2CCC(C)(C)CC2)C1. The van der Waals surface area contributed by atoms with Crippen molar-refractivity contribution in [1.82, 2.24) is 10.2 Å². The summed E-state index contributed by atoms with van der Waals surface area (Å²) in [7, 11) is 1.55. The summed E-state index contributed by atoms with van der Waals surface area (Å²) in [6.45, 7) is 4.84. The zero-order valence-corrected chi connectivity index (χ0v) is 13.1. The number of methoxy groups -OCH3 is 1. The molecule has 6 heteroatoms. The Bertz CT molecular complexity index is 400. The van der Waals surface area contributed by atoms with E-state index in [0.29, 0.717) is 18.4 Å². The van der Waals surface area contributed by atoms with Crippen molar-refractivity contribution >= 4 is 12.0 Å². The molecule has 120 valence electrons. The van der Waals surface area contributed by atoms with E-state index in [4.69, 9.17) is 4.74 Å². The van der Waals surface area contributed by atoms with Crippen LogP contribution in [0.5, 0.6) is 0 Å². The number of hydrogen-bond acceptors (Lipinski definition) is 3. The van der Waals surface area contributed by atoms with E-state index in [2.05, 4.69) is 19.2 Å². The number of urea groups is 1. The van der Waals surface area contributed by atoms with Gasteiger partial charge < -0.3 is 20.1 Å². The van der Waals surface area contributed by atoms with Crippen LogP contribution in [0.1, 0.15) is 46.0 Å². The van der Waals surface area contributed by atoms with E-state index in [-0.39, 0.29) is 18.2 Å². The number of ether oxygens (including phenoxy) is 1. The molecule has 1 aliphatic carbocycles. The van der Waals surface area contributed by atoms with E-state index in [9.17, 15) is 14.7 Å². The second-order valence-corrected chi connectivity index (χ2v) is 6.99. The Morgan fingerprint density at radius 3 is 2.43 bits per heavy atom. The van der Waals surface area contributed by atoms with E-state index < -0.39 is 12.0 Å². The van der Waals surface area contributed by atoms with Crippen molar-refractivity contribution in [1.29, 1.82) is 0 Å². The highest BCUT2D eigenvalue weighted by atomic mass is 16.5. The van der Waals surface area contributed by atoms with Gasteiger partial charge in [0.25, 0.3) is 0 Å². The number of nitrogens with zero attached hydrogens (tertiary/aromatic N) is 1. The first kappa shape index (κ1) is 16.1. The number of nitrogens with one attached hydrogen (secondary N) is 1. The molecule has 1 heterocycles. The molecule has 2 N–H and O–H groups in total. The van der Waals surface area contributed by atoms with E-state index in [1.54, 1.807) is 7.11 Å². The molecule has 0 aromatic heterocycles. The molecule has 0 radical (unpaired) electrons. The zero-order chi connectivity index (χ0) is 15.6. The Hall–Kier alpha value is -1.30. The topological polar surface area (TPSA) is 78.9 Å². The van der Waals surface area contributed by atoms with Gasteiger partial charge in [0.1, 0.15) is 6.04 Å². The van der Waals surface area contributed by atoms with E-state index in [1.807, 2.05) is 0 Å². The molecule has 0 aromatic carbocycles. The van der Waals surface area contributed by atoms with Crippen LogP contribution in [-0.2, 0) is 9.53 Å². The smallest absolute Gasteiger partial charge is 0.326 e. The van der Waals surface area contributed by atoms with Gasteiger partial charge in [-0.05, 0) is 31.1 Å². The summed E-state index contributed by atoms with van der Waals surface area (Å²) >= 11 is 0. The predicted octanol–water partition coefficient (Wildman–Crippen LogP) is 1.84. The Morgan fingerprint density at radius 2 is 1.90 bits per heavy atom. The molecular weight excluding hydrogens is 272 g/mol. The molecule has 21 heavy (non-hydrogen) atoms. The molecule has 2 amide bonds. The van der Waals surface area contributed by atoms with Gasteiger partial charge >= 0.3 is 12.0 Å². The normalized spacial score (nSPS) is 29.4. The first-order chi connectivity index (χ1) is 9.82. The fraction of sp³-hybridized carbons (Fsp3) is 0.867. The molecule has 0 bridgehead atoms. The van der Waals surface area contributed by atoms with Crippen LogP contribution in [0.15, 0.2) is 0 Å². The molecule has 1 aliphatic heterocycles. The lowest BCUT2D eigenvalue weighted by atomic mass is 9.75. The second kappa shape index (κ2) is 6.22. The Morgan fingerprint density at radius 1 is 1.29 bits per heavy atom.